The Morgan fingerprint density at radius 3 is 1.73 bits per heavy atom. The number of rotatable bonds is 2. The molecule has 90 valence electrons. The van der Waals surface area contributed by atoms with E-state index >= 15 is 0 Å². The maximum atomic E-state index is 10.00. The monoisotopic (exact) mass is 234 g/mol. The molecule has 0 spiro atoms. The molecule has 0 saturated heterocycles. The van der Waals surface area contributed by atoms with E-state index in [2.05, 4.69) is 0 Å². The molecule has 3 fully saturated rings. The lowest BCUT2D eigenvalue weighted by atomic mass is 9.65. The third-order valence-corrected chi connectivity index (χ3v) is 4.19. The van der Waals surface area contributed by atoms with Crippen LogP contribution in [0.2, 0.25) is 0 Å². The predicted molar refractivity (Wildman–Crippen MR) is 61.3 cm³/mol. The van der Waals surface area contributed by atoms with E-state index in [1.807, 2.05) is 0 Å². The fraction of sp³-hybridized carbons (Fsp3) is 1.00. The zero-order chi connectivity index (χ0) is 11.5. The van der Waals surface area contributed by atoms with Crippen molar-refractivity contribution in [2.24, 2.45) is 17.8 Å². The maximum absolute atomic E-state index is 10.00. The highest BCUT2D eigenvalue weighted by Gasteiger charge is 2.32. The van der Waals surface area contributed by atoms with Gasteiger partial charge in [0.25, 0.3) is 10.1 Å². The fourth-order valence-electron chi connectivity index (χ4n) is 2.46. The molecule has 3 rings (SSSR count). The van der Waals surface area contributed by atoms with E-state index in [4.69, 9.17) is 4.55 Å². The lowest BCUT2D eigenvalue weighted by molar-refractivity contribution is 0.116. The second-order valence-electron chi connectivity index (χ2n) is 5.28. The number of fused-ring (bicyclic) bond motifs is 2. The molecule has 0 amide bonds. The Morgan fingerprint density at radius 1 is 1.20 bits per heavy atom. The Hall–Kier alpha value is -0.0900. The van der Waals surface area contributed by atoms with Crippen molar-refractivity contribution in [3.8, 4) is 0 Å². The van der Waals surface area contributed by atoms with Crippen molar-refractivity contribution in [2.75, 3.05) is 5.75 Å². The van der Waals surface area contributed by atoms with Crippen LogP contribution in [0.5, 0.6) is 0 Å². The molecule has 0 aromatic carbocycles. The minimum absolute atomic E-state index is 0.00463. The normalized spacial score (nSPS) is 29.1. The first-order chi connectivity index (χ1) is 6.87. The fourth-order valence-corrected chi connectivity index (χ4v) is 3.30. The molecule has 0 heterocycles. The summed E-state index contributed by atoms with van der Waals surface area (Å²) in [4.78, 5) is 0. The van der Waals surface area contributed by atoms with E-state index < -0.39 is 10.1 Å². The van der Waals surface area contributed by atoms with Crippen LogP contribution in [-0.4, -0.2) is 18.7 Å². The Bertz CT molecular complexity index is 263. The van der Waals surface area contributed by atoms with Crippen molar-refractivity contribution in [2.45, 2.75) is 46.0 Å². The lowest BCUT2D eigenvalue weighted by Crippen LogP contribution is -2.28. The van der Waals surface area contributed by atoms with E-state index in [0.717, 1.165) is 0 Å². The minimum atomic E-state index is -3.72. The van der Waals surface area contributed by atoms with Crippen molar-refractivity contribution in [1.29, 1.82) is 0 Å². The highest BCUT2D eigenvalue weighted by atomic mass is 32.2. The van der Waals surface area contributed by atoms with Gasteiger partial charge in [0.1, 0.15) is 0 Å². The van der Waals surface area contributed by atoms with Gasteiger partial charge in [-0.2, -0.15) is 8.42 Å². The molecule has 0 aromatic heterocycles. The molecule has 3 aliphatic carbocycles. The maximum Gasteiger partial charge on any atom is 0.265 e. The topological polar surface area (TPSA) is 54.4 Å². The second-order valence-corrected chi connectivity index (χ2v) is 6.77. The summed E-state index contributed by atoms with van der Waals surface area (Å²) in [5, 5.41) is 0. The average molecular weight is 234 g/mol. The van der Waals surface area contributed by atoms with Crippen LogP contribution in [0.1, 0.15) is 46.0 Å². The van der Waals surface area contributed by atoms with Gasteiger partial charge < -0.3 is 0 Å². The van der Waals surface area contributed by atoms with Crippen LogP contribution < -0.4 is 0 Å². The molecule has 0 atom stereocenters. The van der Waals surface area contributed by atoms with Crippen LogP contribution in [-0.2, 0) is 10.1 Å². The summed E-state index contributed by atoms with van der Waals surface area (Å²) in [6.45, 7) is 3.46. The smallest absolute Gasteiger partial charge is 0.265 e. The molecule has 3 saturated carbocycles. The minimum Gasteiger partial charge on any atom is -0.286 e. The lowest BCUT2D eigenvalue weighted by Gasteiger charge is -2.40. The Morgan fingerprint density at radius 2 is 1.67 bits per heavy atom. The summed E-state index contributed by atoms with van der Waals surface area (Å²) in [5.41, 5.74) is 0. The average Bonchev–Trinajstić information content (AvgIpc) is 2.00. The van der Waals surface area contributed by atoms with E-state index in [1.54, 1.807) is 39.5 Å². The van der Waals surface area contributed by atoms with Crippen molar-refractivity contribution in [3.05, 3.63) is 0 Å². The van der Waals surface area contributed by atoms with Gasteiger partial charge in [-0.1, -0.05) is 33.1 Å². The van der Waals surface area contributed by atoms with Crippen LogP contribution >= 0.6 is 0 Å². The zero-order valence-corrected chi connectivity index (χ0v) is 10.5. The zero-order valence-electron chi connectivity index (χ0n) is 9.65. The van der Waals surface area contributed by atoms with Gasteiger partial charge in [0.05, 0.1) is 5.75 Å². The van der Waals surface area contributed by atoms with Gasteiger partial charge in [-0.25, -0.2) is 0 Å². The summed E-state index contributed by atoms with van der Waals surface area (Å²) >= 11 is 0. The van der Waals surface area contributed by atoms with E-state index in [9.17, 15) is 8.42 Å². The molecule has 1 N–H and O–H groups in total. The summed E-state index contributed by atoms with van der Waals surface area (Å²) in [6, 6.07) is 0. The summed E-state index contributed by atoms with van der Waals surface area (Å²) < 4.78 is 28.2. The first kappa shape index (κ1) is 13.0. The Balaban J connectivity index is 0.000000150. The van der Waals surface area contributed by atoms with Crippen molar-refractivity contribution in [1.82, 2.24) is 0 Å². The van der Waals surface area contributed by atoms with Gasteiger partial charge in [-0.15, -0.1) is 0 Å². The largest absolute Gasteiger partial charge is 0.286 e. The summed E-state index contributed by atoms with van der Waals surface area (Å²) in [6.07, 6.45) is 7.81. The van der Waals surface area contributed by atoms with Crippen LogP contribution in [0.3, 0.4) is 0 Å². The molecule has 3 aliphatic rings. The van der Waals surface area contributed by atoms with Gasteiger partial charge in [0.2, 0.25) is 0 Å². The molecule has 0 unspecified atom stereocenters. The number of hydrogen-bond acceptors (Lipinski definition) is 2. The molecular formula is C11H22O3S. The first-order valence-corrected chi connectivity index (χ1v) is 7.43. The molecular weight excluding hydrogens is 212 g/mol. The van der Waals surface area contributed by atoms with E-state index in [-0.39, 0.29) is 11.7 Å². The van der Waals surface area contributed by atoms with Gasteiger partial charge in [0.15, 0.2) is 0 Å². The van der Waals surface area contributed by atoms with E-state index in [1.165, 1.54) is 18.3 Å². The third kappa shape index (κ3) is 5.52. The molecule has 0 radical (unpaired) electrons. The molecule has 0 aliphatic heterocycles. The van der Waals surface area contributed by atoms with Gasteiger partial charge in [-0.05, 0) is 30.6 Å². The van der Waals surface area contributed by atoms with Crippen molar-refractivity contribution >= 4 is 10.1 Å². The molecule has 15 heavy (non-hydrogen) atoms. The van der Waals surface area contributed by atoms with Gasteiger partial charge in [0, 0.05) is 0 Å². The summed E-state index contributed by atoms with van der Waals surface area (Å²) in [5.74, 6) is 2.22. The summed E-state index contributed by atoms with van der Waals surface area (Å²) in [7, 11) is -3.72. The first-order valence-electron chi connectivity index (χ1n) is 5.82. The SMILES string of the molecule is C1CC2CC(C1)C2.CC(C)CS(=O)(=O)O. The molecule has 4 heteroatoms. The van der Waals surface area contributed by atoms with Gasteiger partial charge in [-0.3, -0.25) is 4.55 Å². The number of hydrogen-bond donors (Lipinski definition) is 1. The second kappa shape index (κ2) is 5.30. The van der Waals surface area contributed by atoms with Gasteiger partial charge >= 0.3 is 0 Å². The van der Waals surface area contributed by atoms with Crippen LogP contribution in [0.25, 0.3) is 0 Å². The van der Waals surface area contributed by atoms with Crippen molar-refractivity contribution in [3.63, 3.8) is 0 Å². The predicted octanol–water partition coefficient (Wildman–Crippen LogP) is 2.73. The highest BCUT2D eigenvalue weighted by molar-refractivity contribution is 7.85. The Labute approximate surface area is 93.0 Å². The van der Waals surface area contributed by atoms with Crippen LogP contribution in [0.15, 0.2) is 0 Å². The van der Waals surface area contributed by atoms with Crippen LogP contribution in [0.4, 0.5) is 0 Å². The molecule has 0 aromatic rings. The standard InChI is InChI=1S/C7H12.C4H10O3S/c1-2-6-4-7(3-1)5-6;1-4(2)3-8(5,6)7/h6-7H,1-5H2;4H,3H2,1-2H3,(H,5,6,7). The molecule has 2 bridgehead atoms. The third-order valence-electron chi connectivity index (χ3n) is 3.10. The quantitative estimate of drug-likeness (QED) is 0.747. The Kier molecular flexibility index (Phi) is 4.59. The van der Waals surface area contributed by atoms with Crippen LogP contribution in [0, 0.1) is 17.8 Å². The van der Waals surface area contributed by atoms with Crippen molar-refractivity contribution < 1.29 is 13.0 Å². The molecule has 3 nitrogen and oxygen atoms in total. The highest BCUT2D eigenvalue weighted by Crippen LogP contribution is 2.45. The van der Waals surface area contributed by atoms with E-state index in [0.29, 0.717) is 0 Å².